The highest BCUT2D eigenvalue weighted by Gasteiger charge is 2.28. The molecule has 0 aliphatic heterocycles. The van der Waals surface area contributed by atoms with Gasteiger partial charge >= 0.3 is 0 Å². The molecule has 1 saturated carbocycles. The lowest BCUT2D eigenvalue weighted by molar-refractivity contribution is 0.203. The minimum atomic E-state index is 0.233. The quantitative estimate of drug-likeness (QED) is 0.858. The van der Waals surface area contributed by atoms with Crippen LogP contribution in [0.1, 0.15) is 31.4 Å². The van der Waals surface area contributed by atoms with Gasteiger partial charge < -0.3 is 5.73 Å². The molecule has 0 saturated heterocycles. The zero-order valence-electron chi connectivity index (χ0n) is 10.7. The van der Waals surface area contributed by atoms with Crippen LogP contribution in [0.5, 0.6) is 0 Å². The number of likely N-dealkylation sites (N-methyl/N-ethyl adjacent to an activating group) is 1. The van der Waals surface area contributed by atoms with Gasteiger partial charge in [0.1, 0.15) is 0 Å². The minimum absolute atomic E-state index is 0.233. The van der Waals surface area contributed by atoms with Crippen LogP contribution in [0.2, 0.25) is 5.02 Å². The van der Waals surface area contributed by atoms with E-state index in [4.69, 9.17) is 17.3 Å². The molecule has 2 rings (SSSR count). The molecular formula is C14H20BrClN2. The van der Waals surface area contributed by atoms with Crippen LogP contribution in [-0.4, -0.2) is 24.5 Å². The van der Waals surface area contributed by atoms with E-state index < -0.39 is 0 Å². The van der Waals surface area contributed by atoms with E-state index in [2.05, 4.69) is 33.8 Å². The highest BCUT2D eigenvalue weighted by atomic mass is 79.9. The normalized spacial score (nSPS) is 17.2. The molecule has 0 spiro atoms. The van der Waals surface area contributed by atoms with Gasteiger partial charge in [-0.3, -0.25) is 4.90 Å². The first-order chi connectivity index (χ1) is 8.65. The van der Waals surface area contributed by atoms with Gasteiger partial charge in [-0.05, 0) is 43.0 Å². The fraction of sp³-hybridized carbons (Fsp3) is 0.571. The van der Waals surface area contributed by atoms with Crippen molar-refractivity contribution in [3.05, 3.63) is 33.3 Å². The summed E-state index contributed by atoms with van der Waals surface area (Å²) in [5, 5.41) is 0.800. The maximum atomic E-state index is 6.34. The van der Waals surface area contributed by atoms with E-state index >= 15 is 0 Å². The molecule has 0 aromatic heterocycles. The number of rotatable bonds is 6. The number of hydrogen-bond donors (Lipinski definition) is 1. The summed E-state index contributed by atoms with van der Waals surface area (Å²) < 4.78 is 1.01. The first kappa shape index (κ1) is 14.3. The fourth-order valence-corrected chi connectivity index (χ4v) is 3.15. The van der Waals surface area contributed by atoms with Crippen molar-refractivity contribution in [2.75, 3.05) is 19.6 Å². The Morgan fingerprint density at radius 1 is 1.50 bits per heavy atom. The number of nitrogens with zero attached hydrogens (tertiary/aromatic N) is 1. The highest BCUT2D eigenvalue weighted by molar-refractivity contribution is 9.10. The maximum Gasteiger partial charge on any atom is 0.0485 e. The lowest BCUT2D eigenvalue weighted by Crippen LogP contribution is -2.35. The van der Waals surface area contributed by atoms with Crippen molar-refractivity contribution in [1.82, 2.24) is 4.90 Å². The van der Waals surface area contributed by atoms with Gasteiger partial charge in [0.05, 0.1) is 0 Å². The second kappa shape index (κ2) is 6.38. The number of halogens is 2. The molecule has 2 nitrogen and oxygen atoms in total. The van der Waals surface area contributed by atoms with Crippen LogP contribution in [0.4, 0.5) is 0 Å². The fourth-order valence-electron chi connectivity index (χ4n) is 2.35. The van der Waals surface area contributed by atoms with Crippen LogP contribution in [0.15, 0.2) is 22.7 Å². The van der Waals surface area contributed by atoms with Crippen molar-refractivity contribution < 1.29 is 0 Å². The van der Waals surface area contributed by atoms with E-state index in [0.29, 0.717) is 6.54 Å². The van der Waals surface area contributed by atoms with Crippen LogP contribution in [0, 0.1) is 5.92 Å². The molecule has 100 valence electrons. The molecule has 4 heteroatoms. The summed E-state index contributed by atoms with van der Waals surface area (Å²) in [6, 6.07) is 6.30. The molecule has 1 unspecified atom stereocenters. The van der Waals surface area contributed by atoms with Crippen molar-refractivity contribution in [1.29, 1.82) is 0 Å². The number of hydrogen-bond acceptors (Lipinski definition) is 2. The summed E-state index contributed by atoms with van der Waals surface area (Å²) in [6.45, 7) is 4.97. The zero-order valence-corrected chi connectivity index (χ0v) is 13.0. The third-order valence-corrected chi connectivity index (χ3v) is 4.40. The van der Waals surface area contributed by atoms with Crippen molar-refractivity contribution in [2.24, 2.45) is 11.7 Å². The van der Waals surface area contributed by atoms with E-state index in [1.54, 1.807) is 0 Å². The number of nitrogens with two attached hydrogens (primary N) is 1. The Hall–Kier alpha value is -0.0900. The van der Waals surface area contributed by atoms with E-state index in [0.717, 1.165) is 34.1 Å². The predicted octanol–water partition coefficient (Wildman–Crippen LogP) is 3.83. The van der Waals surface area contributed by atoms with Gasteiger partial charge in [-0.25, -0.2) is 0 Å². The lowest BCUT2D eigenvalue weighted by Gasteiger charge is -2.30. The van der Waals surface area contributed by atoms with Gasteiger partial charge in [0.25, 0.3) is 0 Å². The average molecular weight is 332 g/mol. The van der Waals surface area contributed by atoms with E-state index in [9.17, 15) is 0 Å². The van der Waals surface area contributed by atoms with Crippen LogP contribution in [0.25, 0.3) is 0 Å². The predicted molar refractivity (Wildman–Crippen MR) is 80.9 cm³/mol. The molecule has 1 aromatic rings. The first-order valence-electron chi connectivity index (χ1n) is 6.54. The molecule has 1 aromatic carbocycles. The second-order valence-electron chi connectivity index (χ2n) is 4.95. The van der Waals surface area contributed by atoms with Gasteiger partial charge in [-0.15, -0.1) is 0 Å². The average Bonchev–Trinajstić information content (AvgIpc) is 3.15. The Morgan fingerprint density at radius 3 is 2.72 bits per heavy atom. The van der Waals surface area contributed by atoms with Crippen LogP contribution < -0.4 is 5.73 Å². The van der Waals surface area contributed by atoms with E-state index in [1.165, 1.54) is 12.8 Å². The standard InChI is InChI=1S/C14H20BrClN2/c1-2-18(9-10-3-4-10)14(8-17)12-6-5-11(15)7-13(12)16/h5-7,10,14H,2-4,8-9,17H2,1H3. The summed E-state index contributed by atoms with van der Waals surface area (Å²) in [6.07, 6.45) is 2.73. The monoisotopic (exact) mass is 330 g/mol. The maximum absolute atomic E-state index is 6.34. The van der Waals surface area contributed by atoms with Crippen molar-refractivity contribution in [2.45, 2.75) is 25.8 Å². The summed E-state index contributed by atoms with van der Waals surface area (Å²) in [5.41, 5.74) is 7.12. The van der Waals surface area contributed by atoms with Crippen molar-refractivity contribution in [3.63, 3.8) is 0 Å². The summed E-state index contributed by atoms with van der Waals surface area (Å²) in [7, 11) is 0. The Bertz CT molecular complexity index is 407. The van der Waals surface area contributed by atoms with Gasteiger partial charge in [0, 0.05) is 28.6 Å². The van der Waals surface area contributed by atoms with Gasteiger partial charge in [0.15, 0.2) is 0 Å². The Morgan fingerprint density at radius 2 is 2.22 bits per heavy atom. The smallest absolute Gasteiger partial charge is 0.0485 e. The van der Waals surface area contributed by atoms with E-state index in [1.807, 2.05) is 12.1 Å². The van der Waals surface area contributed by atoms with Crippen LogP contribution in [0.3, 0.4) is 0 Å². The number of benzene rings is 1. The molecule has 1 atom stereocenters. The molecule has 1 fully saturated rings. The lowest BCUT2D eigenvalue weighted by atomic mass is 10.0. The molecule has 18 heavy (non-hydrogen) atoms. The Labute approximate surface area is 123 Å². The molecule has 0 radical (unpaired) electrons. The van der Waals surface area contributed by atoms with Crippen molar-refractivity contribution >= 4 is 27.5 Å². The largest absolute Gasteiger partial charge is 0.329 e. The Kier molecular flexibility index (Phi) is 5.07. The third kappa shape index (κ3) is 3.47. The summed E-state index contributed by atoms with van der Waals surface area (Å²) in [4.78, 5) is 2.45. The molecule has 1 aliphatic carbocycles. The molecule has 2 N–H and O–H groups in total. The summed E-state index contributed by atoms with van der Waals surface area (Å²) >= 11 is 9.79. The topological polar surface area (TPSA) is 29.3 Å². The minimum Gasteiger partial charge on any atom is -0.329 e. The molecule has 1 aliphatic rings. The van der Waals surface area contributed by atoms with Crippen LogP contribution in [-0.2, 0) is 0 Å². The zero-order chi connectivity index (χ0) is 13.1. The van der Waals surface area contributed by atoms with E-state index in [-0.39, 0.29) is 6.04 Å². The van der Waals surface area contributed by atoms with Crippen molar-refractivity contribution in [3.8, 4) is 0 Å². The van der Waals surface area contributed by atoms with Crippen LogP contribution >= 0.6 is 27.5 Å². The third-order valence-electron chi connectivity index (χ3n) is 3.58. The van der Waals surface area contributed by atoms with Gasteiger partial charge in [-0.2, -0.15) is 0 Å². The second-order valence-corrected chi connectivity index (χ2v) is 6.27. The molecule has 0 bridgehead atoms. The van der Waals surface area contributed by atoms with Gasteiger partial charge in [0.2, 0.25) is 0 Å². The molecule has 0 amide bonds. The van der Waals surface area contributed by atoms with Gasteiger partial charge in [-0.1, -0.05) is 40.5 Å². The first-order valence-corrected chi connectivity index (χ1v) is 7.71. The molecule has 0 heterocycles. The molecular weight excluding hydrogens is 312 g/mol. The summed E-state index contributed by atoms with van der Waals surface area (Å²) in [5.74, 6) is 0.869. The SMILES string of the molecule is CCN(CC1CC1)C(CN)c1ccc(Br)cc1Cl. The Balaban J connectivity index is 2.18. The highest BCUT2D eigenvalue weighted by Crippen LogP contribution is 2.34.